The molecule has 0 aliphatic rings. The molecule has 30 heavy (non-hydrogen) atoms. The highest BCUT2D eigenvalue weighted by atomic mass is 32.1. The number of carbonyl (C=O) groups excluding carboxylic acids is 3. The first kappa shape index (κ1) is 23.5. The first-order chi connectivity index (χ1) is 14.4. The van der Waals surface area contributed by atoms with E-state index in [1.165, 1.54) is 18.4 Å². The van der Waals surface area contributed by atoms with Gasteiger partial charge < -0.3 is 20.5 Å². The molecule has 1 aromatic carbocycles. The average molecular weight is 434 g/mol. The molecule has 8 nitrogen and oxygen atoms in total. The van der Waals surface area contributed by atoms with Crippen molar-refractivity contribution in [3.8, 4) is 10.4 Å². The van der Waals surface area contributed by atoms with Gasteiger partial charge in [0.1, 0.15) is 5.00 Å². The normalized spacial score (nSPS) is 10.8. The van der Waals surface area contributed by atoms with Crippen molar-refractivity contribution in [3.05, 3.63) is 41.5 Å². The number of hydrogen-bond donors (Lipinski definition) is 2. The largest absolute Gasteiger partial charge is 0.462 e. The minimum absolute atomic E-state index is 0.0633. The van der Waals surface area contributed by atoms with Gasteiger partial charge in [0.25, 0.3) is 0 Å². The van der Waals surface area contributed by atoms with E-state index >= 15 is 0 Å². The van der Waals surface area contributed by atoms with Crippen LogP contribution in [0, 0.1) is 6.92 Å². The Kier molecular flexibility index (Phi) is 8.97. The first-order valence-electron chi connectivity index (χ1n) is 9.52. The number of methoxy groups -OCH3 is 1. The molecule has 0 spiro atoms. The molecular formula is C21H27N3O5S. The van der Waals surface area contributed by atoms with E-state index in [4.69, 9.17) is 15.2 Å². The van der Waals surface area contributed by atoms with Crippen molar-refractivity contribution in [3.63, 3.8) is 0 Å². The second kappa shape index (κ2) is 11.4. The van der Waals surface area contributed by atoms with Gasteiger partial charge in [0, 0.05) is 18.5 Å². The molecule has 1 aromatic heterocycles. The lowest BCUT2D eigenvalue weighted by atomic mass is 10.1. The number of nitrogens with one attached hydrogen (secondary N) is 1. The van der Waals surface area contributed by atoms with Gasteiger partial charge in [0.2, 0.25) is 11.8 Å². The number of anilines is 1. The van der Waals surface area contributed by atoms with Gasteiger partial charge in [-0.15, -0.1) is 11.3 Å². The van der Waals surface area contributed by atoms with E-state index in [-0.39, 0.29) is 25.6 Å². The molecular weight excluding hydrogens is 406 g/mol. The molecule has 1 heterocycles. The summed E-state index contributed by atoms with van der Waals surface area (Å²) in [7, 11) is 1.54. The van der Waals surface area contributed by atoms with Gasteiger partial charge in [-0.25, -0.2) is 4.79 Å². The molecule has 2 aromatic rings. The van der Waals surface area contributed by atoms with Gasteiger partial charge in [-0.1, -0.05) is 30.3 Å². The molecule has 0 saturated heterocycles. The quantitative estimate of drug-likeness (QED) is 0.526. The fourth-order valence-electron chi connectivity index (χ4n) is 2.94. The maximum atomic E-state index is 12.7. The molecule has 0 aliphatic carbocycles. The van der Waals surface area contributed by atoms with E-state index in [0.29, 0.717) is 23.7 Å². The Morgan fingerprint density at radius 1 is 1.17 bits per heavy atom. The average Bonchev–Trinajstić information content (AvgIpc) is 3.02. The first-order valence-corrected chi connectivity index (χ1v) is 10.3. The Balaban J connectivity index is 2.29. The third-order valence-corrected chi connectivity index (χ3v) is 5.53. The van der Waals surface area contributed by atoms with Crippen LogP contribution in [0.2, 0.25) is 0 Å². The van der Waals surface area contributed by atoms with Gasteiger partial charge >= 0.3 is 5.97 Å². The van der Waals surface area contributed by atoms with Crippen LogP contribution >= 0.6 is 11.3 Å². The molecule has 0 fully saturated rings. The van der Waals surface area contributed by atoms with Crippen LogP contribution in [0.15, 0.2) is 30.3 Å². The van der Waals surface area contributed by atoms with Crippen molar-refractivity contribution < 1.29 is 23.9 Å². The lowest BCUT2D eigenvalue weighted by Gasteiger charge is -2.19. The van der Waals surface area contributed by atoms with Crippen molar-refractivity contribution in [2.45, 2.75) is 13.8 Å². The smallest absolute Gasteiger partial charge is 0.341 e. The number of rotatable bonds is 11. The van der Waals surface area contributed by atoms with Gasteiger partial charge in [0.15, 0.2) is 0 Å². The number of amides is 2. The Labute approximate surface area is 180 Å². The van der Waals surface area contributed by atoms with Gasteiger partial charge in [-0.3, -0.25) is 14.5 Å². The minimum Gasteiger partial charge on any atom is -0.462 e. The number of nitrogens with zero attached hydrogens (tertiary/aromatic N) is 1. The van der Waals surface area contributed by atoms with Crippen LogP contribution in [0.3, 0.4) is 0 Å². The molecule has 3 N–H and O–H groups in total. The number of carbonyl (C=O) groups is 3. The topological polar surface area (TPSA) is 111 Å². The Bertz CT molecular complexity index is 882. The fraction of sp³-hybridized carbons (Fsp3) is 0.381. The summed E-state index contributed by atoms with van der Waals surface area (Å²) in [4.78, 5) is 39.0. The number of benzene rings is 1. The summed E-state index contributed by atoms with van der Waals surface area (Å²) in [5.74, 6) is -1.39. The molecule has 0 unspecified atom stereocenters. The second-order valence-corrected chi connectivity index (χ2v) is 7.59. The van der Waals surface area contributed by atoms with E-state index in [1.54, 1.807) is 11.8 Å². The second-order valence-electron chi connectivity index (χ2n) is 6.56. The van der Waals surface area contributed by atoms with Crippen molar-refractivity contribution in [1.82, 2.24) is 4.90 Å². The highest BCUT2D eigenvalue weighted by Crippen LogP contribution is 2.40. The third kappa shape index (κ3) is 6.38. The van der Waals surface area contributed by atoms with Gasteiger partial charge in [0.05, 0.1) is 31.9 Å². The van der Waals surface area contributed by atoms with Crippen LogP contribution in [-0.2, 0) is 19.1 Å². The van der Waals surface area contributed by atoms with Gasteiger partial charge in [-0.2, -0.15) is 0 Å². The summed E-state index contributed by atoms with van der Waals surface area (Å²) >= 11 is 1.31. The molecule has 0 radical (unpaired) electrons. The van der Waals surface area contributed by atoms with E-state index in [0.717, 1.165) is 16.0 Å². The highest BCUT2D eigenvalue weighted by Gasteiger charge is 2.25. The summed E-state index contributed by atoms with van der Waals surface area (Å²) < 4.78 is 10.2. The molecule has 0 atom stereocenters. The maximum Gasteiger partial charge on any atom is 0.341 e. The number of nitrogens with two attached hydrogens (primary N) is 1. The highest BCUT2D eigenvalue weighted by molar-refractivity contribution is 7.20. The number of esters is 1. The minimum atomic E-state index is -0.538. The number of thiophene rings is 1. The zero-order valence-corrected chi connectivity index (χ0v) is 18.2. The van der Waals surface area contributed by atoms with Crippen molar-refractivity contribution in [2.75, 3.05) is 45.3 Å². The summed E-state index contributed by atoms with van der Waals surface area (Å²) in [6.45, 7) is 4.38. The molecule has 0 aliphatic heterocycles. The molecule has 162 valence electrons. The zero-order chi connectivity index (χ0) is 22.1. The summed E-state index contributed by atoms with van der Waals surface area (Å²) in [5.41, 5.74) is 7.30. The molecule has 0 bridgehead atoms. The van der Waals surface area contributed by atoms with Crippen LogP contribution in [0.1, 0.15) is 22.8 Å². The van der Waals surface area contributed by atoms with E-state index in [9.17, 15) is 14.4 Å². The number of primary amides is 1. The van der Waals surface area contributed by atoms with Crippen LogP contribution in [-0.4, -0.2) is 62.6 Å². The van der Waals surface area contributed by atoms with Crippen LogP contribution in [0.25, 0.3) is 10.4 Å². The lowest BCUT2D eigenvalue weighted by molar-refractivity contribution is -0.121. The molecule has 0 saturated carbocycles. The molecule has 2 amide bonds. The monoisotopic (exact) mass is 433 g/mol. The molecule has 9 heteroatoms. The van der Waals surface area contributed by atoms with E-state index < -0.39 is 11.9 Å². The Morgan fingerprint density at radius 3 is 2.47 bits per heavy atom. The fourth-order valence-corrected chi connectivity index (χ4v) is 4.16. The van der Waals surface area contributed by atoms with Crippen LogP contribution in [0.4, 0.5) is 5.00 Å². The van der Waals surface area contributed by atoms with E-state index in [1.807, 2.05) is 37.3 Å². The predicted octanol–water partition coefficient (Wildman–Crippen LogP) is 2.27. The Hall–Kier alpha value is -2.75. The summed E-state index contributed by atoms with van der Waals surface area (Å²) in [5, 5.41) is 3.22. The van der Waals surface area contributed by atoms with Gasteiger partial charge in [-0.05, 0) is 25.0 Å². The van der Waals surface area contributed by atoms with Crippen LogP contribution < -0.4 is 11.1 Å². The predicted molar refractivity (Wildman–Crippen MR) is 117 cm³/mol. The van der Waals surface area contributed by atoms with Crippen molar-refractivity contribution in [1.29, 1.82) is 0 Å². The van der Waals surface area contributed by atoms with Crippen molar-refractivity contribution in [2.24, 2.45) is 5.73 Å². The lowest BCUT2D eigenvalue weighted by Crippen LogP contribution is -2.40. The summed E-state index contributed by atoms with van der Waals surface area (Å²) in [6, 6.07) is 9.62. The van der Waals surface area contributed by atoms with Crippen LogP contribution in [0.5, 0.6) is 0 Å². The third-order valence-electron chi connectivity index (χ3n) is 4.27. The standard InChI is InChI=1S/C21H27N3O5S/c1-4-29-21(27)18-14(2)19(15-8-6-5-7-9-15)30-20(18)23-17(26)13-24(10-11-28-3)12-16(22)25/h5-9H,4,10-13H2,1-3H3,(H2,22,25)(H,23,26). The number of hydrogen-bond acceptors (Lipinski definition) is 7. The maximum absolute atomic E-state index is 12.7. The SMILES string of the molecule is CCOC(=O)c1c(NC(=O)CN(CCOC)CC(N)=O)sc(-c2ccccc2)c1C. The van der Waals surface area contributed by atoms with E-state index in [2.05, 4.69) is 5.32 Å². The van der Waals surface area contributed by atoms with Crippen molar-refractivity contribution >= 4 is 34.1 Å². The Morgan fingerprint density at radius 2 is 1.87 bits per heavy atom. The summed E-state index contributed by atoms with van der Waals surface area (Å²) in [6.07, 6.45) is 0. The molecule has 2 rings (SSSR count). The number of ether oxygens (including phenoxy) is 2. The zero-order valence-electron chi connectivity index (χ0n) is 17.4.